The zero-order valence-corrected chi connectivity index (χ0v) is 11.8. The summed E-state index contributed by atoms with van der Waals surface area (Å²) < 4.78 is 0. The van der Waals surface area contributed by atoms with E-state index in [4.69, 9.17) is 0 Å². The molecule has 1 aromatic carbocycles. The fourth-order valence-corrected chi connectivity index (χ4v) is 2.26. The molecule has 20 heavy (non-hydrogen) atoms. The van der Waals surface area contributed by atoms with Gasteiger partial charge in [0.15, 0.2) is 0 Å². The molecule has 108 valence electrons. The Hall–Kier alpha value is -1.88. The topological polar surface area (TPSA) is 69.6 Å². The van der Waals surface area contributed by atoms with Crippen LogP contribution < -0.4 is 5.32 Å². The molecule has 2 N–H and O–H groups in total. The van der Waals surface area contributed by atoms with Gasteiger partial charge in [0.2, 0.25) is 11.8 Å². The molecule has 0 atom stereocenters. The van der Waals surface area contributed by atoms with E-state index in [-0.39, 0.29) is 11.8 Å². The molecule has 1 fully saturated rings. The van der Waals surface area contributed by atoms with E-state index in [1.807, 2.05) is 19.1 Å². The lowest BCUT2D eigenvalue weighted by molar-refractivity contribution is -0.155. The van der Waals surface area contributed by atoms with Gasteiger partial charge in [-0.1, -0.05) is 19.1 Å². The highest BCUT2D eigenvalue weighted by molar-refractivity contribution is 5.88. The number of aliphatic hydroxyl groups is 1. The molecule has 0 aliphatic carbocycles. The van der Waals surface area contributed by atoms with E-state index in [1.54, 1.807) is 17.0 Å². The van der Waals surface area contributed by atoms with E-state index in [2.05, 4.69) is 5.32 Å². The number of nitrogens with one attached hydrogen (secondary N) is 1. The minimum atomic E-state index is -0.690. The Morgan fingerprint density at radius 2 is 1.90 bits per heavy atom. The number of anilines is 1. The molecule has 1 aliphatic heterocycles. The zero-order chi connectivity index (χ0) is 14.8. The maximum Gasteiger partial charge on any atom is 0.227 e. The Balaban J connectivity index is 1.88. The summed E-state index contributed by atoms with van der Waals surface area (Å²) in [5.41, 5.74) is 0.930. The van der Waals surface area contributed by atoms with Gasteiger partial charge in [-0.3, -0.25) is 9.59 Å². The third kappa shape index (κ3) is 3.36. The van der Waals surface area contributed by atoms with Crippen molar-refractivity contribution >= 4 is 17.5 Å². The van der Waals surface area contributed by atoms with Crippen molar-refractivity contribution < 1.29 is 14.7 Å². The first kappa shape index (κ1) is 14.5. The van der Waals surface area contributed by atoms with Crippen LogP contribution in [0.15, 0.2) is 24.3 Å². The van der Waals surface area contributed by atoms with E-state index in [9.17, 15) is 14.7 Å². The molecule has 1 aliphatic rings. The first-order valence-electron chi connectivity index (χ1n) is 6.78. The maximum absolute atomic E-state index is 12.0. The predicted octanol–water partition coefficient (Wildman–Crippen LogP) is 1.17. The molecule has 0 saturated carbocycles. The van der Waals surface area contributed by atoms with Gasteiger partial charge in [0.25, 0.3) is 0 Å². The summed E-state index contributed by atoms with van der Waals surface area (Å²) in [5, 5.41) is 12.6. The third-order valence-electron chi connectivity index (χ3n) is 3.61. The standard InChI is InChI=1S/C15H20N2O3/c1-3-15(20)9-17(10-15)14(19)8-12-4-6-13(7-5-12)16-11(2)18/h4-7,20H,3,8-10H2,1-2H3,(H,16,18). The van der Waals surface area contributed by atoms with Crippen molar-refractivity contribution in [2.24, 2.45) is 0 Å². The van der Waals surface area contributed by atoms with Crippen molar-refractivity contribution in [3.63, 3.8) is 0 Å². The monoisotopic (exact) mass is 276 g/mol. The number of β-amino-alcohol motifs (C(OH)–C–C–N with tert-alkyl or cyclic N) is 1. The molecule has 0 spiro atoms. The van der Waals surface area contributed by atoms with Crippen LogP contribution in [0.1, 0.15) is 25.8 Å². The summed E-state index contributed by atoms with van der Waals surface area (Å²) in [4.78, 5) is 24.6. The maximum atomic E-state index is 12.0. The van der Waals surface area contributed by atoms with Gasteiger partial charge in [0.1, 0.15) is 0 Å². The Bertz CT molecular complexity index is 504. The van der Waals surface area contributed by atoms with Crippen molar-refractivity contribution in [3.05, 3.63) is 29.8 Å². The Morgan fingerprint density at radius 1 is 1.30 bits per heavy atom. The molecule has 1 heterocycles. The first-order chi connectivity index (χ1) is 9.42. The van der Waals surface area contributed by atoms with Crippen LogP contribution >= 0.6 is 0 Å². The SMILES string of the molecule is CCC1(O)CN(C(=O)Cc2ccc(NC(C)=O)cc2)C1. The predicted molar refractivity (Wildman–Crippen MR) is 76.3 cm³/mol. The highest BCUT2D eigenvalue weighted by Crippen LogP contribution is 2.24. The van der Waals surface area contributed by atoms with Crippen molar-refractivity contribution in [2.75, 3.05) is 18.4 Å². The minimum absolute atomic E-state index is 0.0235. The van der Waals surface area contributed by atoms with Gasteiger partial charge >= 0.3 is 0 Å². The van der Waals surface area contributed by atoms with Gasteiger partial charge in [-0.05, 0) is 24.1 Å². The van der Waals surface area contributed by atoms with Crippen molar-refractivity contribution in [1.82, 2.24) is 4.90 Å². The highest BCUT2D eigenvalue weighted by atomic mass is 16.3. The molecule has 0 radical (unpaired) electrons. The fourth-order valence-electron chi connectivity index (χ4n) is 2.26. The van der Waals surface area contributed by atoms with Gasteiger partial charge in [0, 0.05) is 12.6 Å². The third-order valence-corrected chi connectivity index (χ3v) is 3.61. The summed E-state index contributed by atoms with van der Waals surface area (Å²) >= 11 is 0. The number of hydrogen-bond donors (Lipinski definition) is 2. The fraction of sp³-hybridized carbons (Fsp3) is 0.467. The summed E-state index contributed by atoms with van der Waals surface area (Å²) in [7, 11) is 0. The second-order valence-corrected chi connectivity index (χ2v) is 5.38. The Morgan fingerprint density at radius 3 is 2.40 bits per heavy atom. The molecule has 0 aromatic heterocycles. The van der Waals surface area contributed by atoms with E-state index in [0.29, 0.717) is 25.9 Å². The van der Waals surface area contributed by atoms with E-state index >= 15 is 0 Å². The van der Waals surface area contributed by atoms with Gasteiger partial charge in [-0.15, -0.1) is 0 Å². The highest BCUT2D eigenvalue weighted by Gasteiger charge is 2.41. The number of rotatable bonds is 4. The van der Waals surface area contributed by atoms with Gasteiger partial charge in [0.05, 0.1) is 25.1 Å². The molecular weight excluding hydrogens is 256 g/mol. The molecule has 1 aromatic rings. The number of carbonyl (C=O) groups excluding carboxylic acids is 2. The van der Waals surface area contributed by atoms with Gasteiger partial charge < -0.3 is 15.3 Å². The lowest BCUT2D eigenvalue weighted by Gasteiger charge is -2.46. The number of amides is 2. The summed E-state index contributed by atoms with van der Waals surface area (Å²) in [5.74, 6) is -0.0938. The normalized spacial score (nSPS) is 16.4. The lowest BCUT2D eigenvalue weighted by Crippen LogP contribution is -2.63. The molecule has 5 nitrogen and oxygen atoms in total. The summed E-state index contributed by atoms with van der Waals surface area (Å²) in [6, 6.07) is 7.22. The number of carbonyl (C=O) groups is 2. The van der Waals surface area contributed by atoms with Crippen molar-refractivity contribution in [3.8, 4) is 0 Å². The molecule has 2 amide bonds. The van der Waals surface area contributed by atoms with Crippen LogP contribution in [0.5, 0.6) is 0 Å². The first-order valence-corrected chi connectivity index (χ1v) is 6.78. The van der Waals surface area contributed by atoms with E-state index in [0.717, 1.165) is 11.3 Å². The van der Waals surface area contributed by atoms with Crippen LogP contribution in [0.4, 0.5) is 5.69 Å². The van der Waals surface area contributed by atoms with Crippen LogP contribution in [0, 0.1) is 0 Å². The second kappa shape index (κ2) is 5.63. The molecule has 1 saturated heterocycles. The summed E-state index contributed by atoms with van der Waals surface area (Å²) in [6.07, 6.45) is 0.988. The molecule has 0 bridgehead atoms. The summed E-state index contributed by atoms with van der Waals surface area (Å²) in [6.45, 7) is 4.22. The second-order valence-electron chi connectivity index (χ2n) is 5.38. The number of likely N-dealkylation sites (tertiary alicyclic amines) is 1. The smallest absolute Gasteiger partial charge is 0.227 e. The molecule has 2 rings (SSSR count). The largest absolute Gasteiger partial charge is 0.386 e. The number of benzene rings is 1. The average molecular weight is 276 g/mol. The van der Waals surface area contributed by atoms with Crippen LogP contribution in [0.25, 0.3) is 0 Å². The molecule has 5 heteroatoms. The van der Waals surface area contributed by atoms with Crippen LogP contribution in [-0.4, -0.2) is 40.5 Å². The van der Waals surface area contributed by atoms with Gasteiger partial charge in [-0.25, -0.2) is 0 Å². The molecular formula is C15H20N2O3. The number of hydrogen-bond acceptors (Lipinski definition) is 3. The lowest BCUT2D eigenvalue weighted by atomic mass is 9.91. The minimum Gasteiger partial charge on any atom is -0.386 e. The Labute approximate surface area is 118 Å². The Kier molecular flexibility index (Phi) is 4.09. The average Bonchev–Trinajstić information content (AvgIpc) is 2.36. The quantitative estimate of drug-likeness (QED) is 0.867. The van der Waals surface area contributed by atoms with Crippen molar-refractivity contribution in [2.45, 2.75) is 32.3 Å². The van der Waals surface area contributed by atoms with Crippen LogP contribution in [-0.2, 0) is 16.0 Å². The zero-order valence-electron chi connectivity index (χ0n) is 11.8. The van der Waals surface area contributed by atoms with Gasteiger partial charge in [-0.2, -0.15) is 0 Å². The van der Waals surface area contributed by atoms with Crippen molar-refractivity contribution in [1.29, 1.82) is 0 Å². The van der Waals surface area contributed by atoms with Crippen LogP contribution in [0.2, 0.25) is 0 Å². The van der Waals surface area contributed by atoms with E-state index in [1.165, 1.54) is 6.92 Å². The van der Waals surface area contributed by atoms with E-state index < -0.39 is 5.60 Å². The number of nitrogens with zero attached hydrogens (tertiary/aromatic N) is 1. The van der Waals surface area contributed by atoms with Crippen LogP contribution in [0.3, 0.4) is 0 Å². The molecule has 0 unspecified atom stereocenters.